The molecule has 11 aromatic carbocycles. The van der Waals surface area contributed by atoms with Crippen LogP contribution in [0.4, 0.5) is 17.1 Å². The van der Waals surface area contributed by atoms with E-state index in [1.165, 1.54) is 99.0 Å². The maximum Gasteiger partial charge on any atom is 0.136 e. The van der Waals surface area contributed by atoms with Crippen LogP contribution in [0, 0.1) is 0 Å². The van der Waals surface area contributed by atoms with Crippen molar-refractivity contribution in [2.75, 3.05) is 4.90 Å². The normalized spacial score (nSPS) is 14.2. The first-order valence-electron chi connectivity index (χ1n) is 23.1. The van der Waals surface area contributed by atoms with E-state index < -0.39 is 5.41 Å². The molecule has 0 fully saturated rings. The van der Waals surface area contributed by atoms with E-state index in [0.29, 0.717) is 0 Å². The van der Waals surface area contributed by atoms with Crippen LogP contribution in [0.3, 0.4) is 0 Å². The number of anilines is 3. The van der Waals surface area contributed by atoms with Crippen molar-refractivity contribution in [2.24, 2.45) is 0 Å². The summed E-state index contributed by atoms with van der Waals surface area (Å²) in [6.07, 6.45) is 0. The number of para-hydroxylation sites is 1. The largest absolute Gasteiger partial charge is 0.456 e. The van der Waals surface area contributed by atoms with Crippen molar-refractivity contribution in [3.63, 3.8) is 0 Å². The van der Waals surface area contributed by atoms with E-state index in [1.807, 2.05) is 0 Å². The summed E-state index contributed by atoms with van der Waals surface area (Å²) < 4.78 is 6.52. The fourth-order valence-electron chi connectivity index (χ4n) is 12.4. The summed E-state index contributed by atoms with van der Waals surface area (Å²) in [5.74, 6) is 0. The molecule has 0 spiro atoms. The minimum atomic E-state index is -0.540. The lowest BCUT2D eigenvalue weighted by molar-refractivity contribution is 0.661. The summed E-state index contributed by atoms with van der Waals surface area (Å²) in [5, 5.41) is 9.67. The van der Waals surface area contributed by atoms with E-state index in [1.54, 1.807) is 0 Å². The number of benzene rings is 11. The molecule has 310 valence electrons. The van der Waals surface area contributed by atoms with Gasteiger partial charge in [0.1, 0.15) is 11.2 Å². The van der Waals surface area contributed by atoms with Gasteiger partial charge in [0.05, 0.1) is 11.1 Å². The first-order valence-corrected chi connectivity index (χ1v) is 23.1. The van der Waals surface area contributed by atoms with Crippen molar-refractivity contribution in [3.8, 4) is 22.3 Å². The average molecular weight is 842 g/mol. The lowest BCUT2D eigenvalue weighted by Crippen LogP contribution is -2.28. The number of hydrogen-bond donors (Lipinski definition) is 0. The quantitative estimate of drug-likeness (QED) is 0.161. The molecule has 0 bridgehead atoms. The molecule has 2 heteroatoms. The van der Waals surface area contributed by atoms with E-state index >= 15 is 0 Å². The van der Waals surface area contributed by atoms with Crippen LogP contribution in [-0.2, 0) is 10.8 Å². The van der Waals surface area contributed by atoms with Gasteiger partial charge in [-0.25, -0.2) is 0 Å². The Morgan fingerprint density at radius 2 is 0.894 bits per heavy atom. The van der Waals surface area contributed by atoms with Crippen molar-refractivity contribution in [1.29, 1.82) is 0 Å². The molecule has 1 aromatic heterocycles. The summed E-state index contributed by atoms with van der Waals surface area (Å²) in [7, 11) is 0. The third-order valence-electron chi connectivity index (χ3n) is 15.1. The van der Waals surface area contributed by atoms with Crippen molar-refractivity contribution >= 4 is 71.3 Å². The van der Waals surface area contributed by atoms with Crippen LogP contribution in [-0.4, -0.2) is 0 Å². The van der Waals surface area contributed by atoms with Crippen LogP contribution in [0.1, 0.15) is 47.2 Å². The van der Waals surface area contributed by atoms with Crippen molar-refractivity contribution in [2.45, 2.75) is 24.7 Å². The highest BCUT2D eigenvalue weighted by Crippen LogP contribution is 2.59. The highest BCUT2D eigenvalue weighted by atomic mass is 16.3. The fourth-order valence-corrected chi connectivity index (χ4v) is 12.4. The Labute approximate surface area is 383 Å². The summed E-state index contributed by atoms with van der Waals surface area (Å²) in [5.41, 5.74) is 17.4. The van der Waals surface area contributed by atoms with Gasteiger partial charge in [-0.15, -0.1) is 0 Å². The van der Waals surface area contributed by atoms with Crippen molar-refractivity contribution in [3.05, 3.63) is 258 Å². The summed E-state index contributed by atoms with van der Waals surface area (Å²) in [6, 6.07) is 83.4. The monoisotopic (exact) mass is 841 g/mol. The smallest absolute Gasteiger partial charge is 0.136 e. The molecule has 0 saturated heterocycles. The number of hydrogen-bond acceptors (Lipinski definition) is 2. The SMILES string of the molecule is CC1(C)c2ccccc2-c2cccc(N(c3ccc4c(c3)C(c3ccccc3)(c3ccccc3)c3ccccc3-4)c3ccc4c5ccccc5c5c(ccc6oc7ccccc7c65)c4c3)c21. The van der Waals surface area contributed by atoms with Gasteiger partial charge >= 0.3 is 0 Å². The molecule has 0 unspecified atom stereocenters. The Kier molecular flexibility index (Phi) is 7.70. The standard InChI is InChI=1S/C64H43NO/c1-63(2)54-28-14-11-24-47(54)51-27-17-30-57(62(51)63)65(43-33-35-48-46-23-12-15-29-55(46)64(56(48)39-43,40-18-5-3-6-19-40)41-20-7-4-8-21-41)42-32-34-45-44-22-9-10-25-49(44)60-50(53(45)38-42)36-37-59-61(60)52-26-13-16-31-58(52)66-59/h3-39H,1-2H3. The van der Waals surface area contributed by atoms with Gasteiger partial charge in [0.15, 0.2) is 0 Å². The van der Waals surface area contributed by atoms with Gasteiger partial charge in [-0.05, 0) is 131 Å². The van der Waals surface area contributed by atoms with Crippen molar-refractivity contribution < 1.29 is 4.42 Å². The van der Waals surface area contributed by atoms with Crippen LogP contribution in [0.15, 0.2) is 229 Å². The summed E-state index contributed by atoms with van der Waals surface area (Å²) >= 11 is 0. The minimum absolute atomic E-state index is 0.251. The number of fused-ring (bicyclic) bond motifs is 16. The second kappa shape index (κ2) is 13.7. The van der Waals surface area contributed by atoms with Crippen LogP contribution >= 0.6 is 0 Å². The molecule has 12 aromatic rings. The zero-order valence-corrected chi connectivity index (χ0v) is 36.7. The molecule has 1 heterocycles. The maximum absolute atomic E-state index is 6.52. The summed E-state index contributed by atoms with van der Waals surface area (Å²) in [6.45, 7) is 4.80. The fraction of sp³-hybridized carbons (Fsp3) is 0.0625. The Morgan fingerprint density at radius 3 is 1.67 bits per heavy atom. The van der Waals surface area contributed by atoms with Crippen LogP contribution < -0.4 is 4.90 Å². The molecule has 66 heavy (non-hydrogen) atoms. The molecule has 0 N–H and O–H groups in total. The van der Waals surface area contributed by atoms with Crippen LogP contribution in [0.2, 0.25) is 0 Å². The third-order valence-corrected chi connectivity index (χ3v) is 15.1. The van der Waals surface area contributed by atoms with Crippen LogP contribution in [0.25, 0.3) is 76.5 Å². The van der Waals surface area contributed by atoms with Crippen LogP contribution in [0.5, 0.6) is 0 Å². The van der Waals surface area contributed by atoms with Gasteiger partial charge in [-0.1, -0.05) is 190 Å². The molecule has 2 aliphatic rings. The Hall–Kier alpha value is -8.20. The number of rotatable bonds is 5. The van der Waals surface area contributed by atoms with E-state index in [9.17, 15) is 0 Å². The molecule has 0 radical (unpaired) electrons. The molecule has 2 nitrogen and oxygen atoms in total. The molecule has 0 atom stereocenters. The van der Waals surface area contributed by atoms with Gasteiger partial charge in [0.2, 0.25) is 0 Å². The molecule has 2 aliphatic carbocycles. The molecule has 0 amide bonds. The van der Waals surface area contributed by atoms with E-state index in [0.717, 1.165) is 27.9 Å². The molecule has 14 rings (SSSR count). The summed E-state index contributed by atoms with van der Waals surface area (Å²) in [4.78, 5) is 2.56. The highest BCUT2D eigenvalue weighted by molar-refractivity contribution is 6.34. The first-order chi connectivity index (χ1) is 32.5. The topological polar surface area (TPSA) is 16.4 Å². The van der Waals surface area contributed by atoms with Gasteiger partial charge in [-0.3, -0.25) is 0 Å². The zero-order chi connectivity index (χ0) is 43.7. The van der Waals surface area contributed by atoms with E-state index in [2.05, 4.69) is 243 Å². The second-order valence-corrected chi connectivity index (χ2v) is 18.7. The Morgan fingerprint density at radius 1 is 0.348 bits per heavy atom. The lowest BCUT2D eigenvalue weighted by atomic mass is 9.67. The maximum atomic E-state index is 6.52. The average Bonchev–Trinajstić information content (AvgIpc) is 3.98. The third kappa shape index (κ3) is 4.91. The first kappa shape index (κ1) is 37.2. The van der Waals surface area contributed by atoms with Gasteiger partial charge in [0, 0.05) is 32.9 Å². The Bertz CT molecular complexity index is 3930. The number of nitrogens with zero attached hydrogens (tertiary/aromatic N) is 1. The molecule has 0 aliphatic heterocycles. The molecule has 0 saturated carbocycles. The van der Waals surface area contributed by atoms with Crippen molar-refractivity contribution in [1.82, 2.24) is 0 Å². The lowest BCUT2D eigenvalue weighted by Gasteiger charge is -2.36. The zero-order valence-electron chi connectivity index (χ0n) is 36.7. The number of furan rings is 1. The molecular formula is C64H43NO. The minimum Gasteiger partial charge on any atom is -0.456 e. The van der Waals surface area contributed by atoms with E-state index in [-0.39, 0.29) is 5.41 Å². The highest BCUT2D eigenvalue weighted by Gasteiger charge is 2.47. The van der Waals surface area contributed by atoms with Gasteiger partial charge < -0.3 is 9.32 Å². The predicted molar refractivity (Wildman–Crippen MR) is 276 cm³/mol. The van der Waals surface area contributed by atoms with E-state index in [4.69, 9.17) is 4.42 Å². The predicted octanol–water partition coefficient (Wildman–Crippen LogP) is 17.2. The Balaban J connectivity index is 1.09. The molecular weight excluding hydrogens is 799 g/mol. The second-order valence-electron chi connectivity index (χ2n) is 18.7. The van der Waals surface area contributed by atoms with Gasteiger partial charge in [0.25, 0.3) is 0 Å². The van der Waals surface area contributed by atoms with Gasteiger partial charge in [-0.2, -0.15) is 0 Å².